The van der Waals surface area contributed by atoms with E-state index in [1.54, 1.807) is 0 Å². The summed E-state index contributed by atoms with van der Waals surface area (Å²) in [6, 6.07) is 0. The zero-order valence-corrected chi connectivity index (χ0v) is 33.3. The first-order valence-electron chi connectivity index (χ1n) is 20.7. The van der Waals surface area contributed by atoms with E-state index in [2.05, 4.69) is 26.0 Å². The minimum absolute atomic E-state index is 0.0515. The summed E-state index contributed by atoms with van der Waals surface area (Å²) < 4.78 is 33.3. The topological polar surface area (TPSA) is 132 Å². The summed E-state index contributed by atoms with van der Waals surface area (Å²) in [6.07, 6.45) is 35.9. The number of carbonyl (C=O) groups is 1. The zero-order chi connectivity index (χ0) is 36.8. The van der Waals surface area contributed by atoms with Crippen molar-refractivity contribution in [2.24, 2.45) is 0 Å². The van der Waals surface area contributed by atoms with Crippen LogP contribution in [0.1, 0.15) is 194 Å². The van der Waals surface area contributed by atoms with Crippen LogP contribution in [0.2, 0.25) is 0 Å². The van der Waals surface area contributed by atoms with E-state index in [1.807, 2.05) is 0 Å². The van der Waals surface area contributed by atoms with Crippen molar-refractivity contribution in [3.63, 3.8) is 0 Å². The molecule has 0 rings (SSSR count). The molecule has 0 aliphatic carbocycles. The molecule has 0 saturated heterocycles. The van der Waals surface area contributed by atoms with Gasteiger partial charge in [-0.3, -0.25) is 13.8 Å². The Bertz CT molecular complexity index is 795. The Hall–Kier alpha value is -0.800. The molecule has 0 aliphatic rings. The molecule has 0 spiro atoms. The number of phosphoric acid groups is 1. The average molecular weight is 735 g/mol. The number of hydrogen-bond donors (Lipinski definition) is 3. The molecule has 298 valence electrons. The molecule has 10 heteroatoms. The van der Waals surface area contributed by atoms with Gasteiger partial charge in [0.1, 0.15) is 12.2 Å². The van der Waals surface area contributed by atoms with Crippen LogP contribution in [-0.2, 0) is 27.9 Å². The number of aliphatic hydroxyl groups is 2. The summed E-state index contributed by atoms with van der Waals surface area (Å²) in [5, 5.41) is 18.3. The van der Waals surface area contributed by atoms with Crippen LogP contribution in [-0.4, -0.2) is 66.3 Å². The van der Waals surface area contributed by atoms with E-state index in [1.165, 1.54) is 122 Å². The maximum atomic E-state index is 12.6. The van der Waals surface area contributed by atoms with Crippen molar-refractivity contribution in [2.75, 3.05) is 33.0 Å². The number of hydrogen-bond acceptors (Lipinski definition) is 8. The first kappa shape index (κ1) is 49.2. The Kier molecular flexibility index (Phi) is 37.3. The van der Waals surface area contributed by atoms with Crippen molar-refractivity contribution in [3.05, 3.63) is 12.2 Å². The van der Waals surface area contributed by atoms with Gasteiger partial charge in [0.05, 0.1) is 26.4 Å². The van der Waals surface area contributed by atoms with Crippen molar-refractivity contribution >= 4 is 13.8 Å². The Morgan fingerprint density at radius 3 is 1.52 bits per heavy atom. The lowest BCUT2D eigenvalue weighted by Gasteiger charge is -2.20. The molecule has 0 fully saturated rings. The smallest absolute Gasteiger partial charge is 0.457 e. The maximum Gasteiger partial charge on any atom is 0.472 e. The van der Waals surface area contributed by atoms with E-state index in [0.717, 1.165) is 51.4 Å². The number of rotatable bonds is 40. The second kappa shape index (κ2) is 37.9. The fourth-order valence-electron chi connectivity index (χ4n) is 5.76. The Morgan fingerprint density at radius 1 is 0.600 bits per heavy atom. The first-order valence-corrected chi connectivity index (χ1v) is 22.2. The number of aliphatic hydroxyl groups excluding tert-OH is 2. The highest BCUT2D eigenvalue weighted by Crippen LogP contribution is 2.43. The highest BCUT2D eigenvalue weighted by atomic mass is 31.2. The monoisotopic (exact) mass is 735 g/mol. The molecular weight excluding hydrogens is 655 g/mol. The third-order valence-electron chi connectivity index (χ3n) is 8.95. The standard InChI is InChI=1S/C40H79O9P/c1-3-5-7-9-11-13-15-17-18-19-21-23-25-27-29-31-33-46-36-39(37-48-50(44,45)47-35-38(42)34-41)49-40(43)32-30-28-26-24-22-20-16-14-12-10-8-6-4-2/h14,16,38-39,41-42H,3-13,15,17-37H2,1-2H3,(H,44,45)/b16-14-. The molecule has 0 saturated carbocycles. The lowest BCUT2D eigenvalue weighted by molar-refractivity contribution is -0.154. The van der Waals surface area contributed by atoms with Gasteiger partial charge in [-0.1, -0.05) is 161 Å². The van der Waals surface area contributed by atoms with Gasteiger partial charge < -0.3 is 24.6 Å². The second-order valence-electron chi connectivity index (χ2n) is 14.0. The predicted octanol–water partition coefficient (Wildman–Crippen LogP) is 10.9. The quantitative estimate of drug-likeness (QED) is 0.0243. The highest BCUT2D eigenvalue weighted by Gasteiger charge is 2.26. The van der Waals surface area contributed by atoms with Gasteiger partial charge in [0.2, 0.25) is 0 Å². The van der Waals surface area contributed by atoms with Gasteiger partial charge in [0.25, 0.3) is 0 Å². The maximum absolute atomic E-state index is 12.6. The third-order valence-corrected chi connectivity index (χ3v) is 9.90. The number of phosphoric ester groups is 1. The van der Waals surface area contributed by atoms with Crippen molar-refractivity contribution in [3.8, 4) is 0 Å². The fourth-order valence-corrected chi connectivity index (χ4v) is 6.55. The third kappa shape index (κ3) is 37.0. The second-order valence-corrected chi connectivity index (χ2v) is 15.5. The molecule has 0 heterocycles. The van der Waals surface area contributed by atoms with Crippen LogP contribution < -0.4 is 0 Å². The van der Waals surface area contributed by atoms with Crippen LogP contribution in [0, 0.1) is 0 Å². The van der Waals surface area contributed by atoms with E-state index in [9.17, 15) is 19.4 Å². The Labute approximate surface area is 307 Å². The molecular formula is C40H79O9P. The highest BCUT2D eigenvalue weighted by molar-refractivity contribution is 7.47. The van der Waals surface area contributed by atoms with E-state index in [-0.39, 0.29) is 25.6 Å². The molecule has 0 radical (unpaired) electrons. The molecule has 0 aliphatic heterocycles. The van der Waals surface area contributed by atoms with Crippen LogP contribution >= 0.6 is 7.82 Å². The molecule has 3 N–H and O–H groups in total. The van der Waals surface area contributed by atoms with Crippen molar-refractivity contribution < 1.29 is 43.0 Å². The van der Waals surface area contributed by atoms with E-state index < -0.39 is 33.2 Å². The van der Waals surface area contributed by atoms with Gasteiger partial charge in [-0.25, -0.2) is 4.57 Å². The summed E-state index contributed by atoms with van der Waals surface area (Å²) in [6.45, 7) is 3.52. The molecule has 0 aromatic heterocycles. The van der Waals surface area contributed by atoms with Gasteiger partial charge in [-0.15, -0.1) is 0 Å². The summed E-state index contributed by atoms with van der Waals surface area (Å²) >= 11 is 0. The van der Waals surface area contributed by atoms with Crippen LogP contribution in [0.3, 0.4) is 0 Å². The van der Waals surface area contributed by atoms with Gasteiger partial charge in [0.15, 0.2) is 0 Å². The van der Waals surface area contributed by atoms with Gasteiger partial charge in [-0.05, 0) is 38.5 Å². The molecule has 0 bridgehead atoms. The minimum Gasteiger partial charge on any atom is -0.457 e. The van der Waals surface area contributed by atoms with Gasteiger partial charge in [-0.2, -0.15) is 0 Å². The molecule has 0 amide bonds. The van der Waals surface area contributed by atoms with Crippen molar-refractivity contribution in [1.29, 1.82) is 0 Å². The molecule has 9 nitrogen and oxygen atoms in total. The van der Waals surface area contributed by atoms with Gasteiger partial charge >= 0.3 is 13.8 Å². The Morgan fingerprint density at radius 2 is 1.02 bits per heavy atom. The zero-order valence-electron chi connectivity index (χ0n) is 32.4. The predicted molar refractivity (Wildman–Crippen MR) is 205 cm³/mol. The fraction of sp³-hybridized carbons (Fsp3) is 0.925. The number of carbonyl (C=O) groups excluding carboxylic acids is 1. The average Bonchev–Trinajstić information content (AvgIpc) is 3.10. The van der Waals surface area contributed by atoms with Crippen LogP contribution in [0.4, 0.5) is 0 Å². The molecule has 3 unspecified atom stereocenters. The minimum atomic E-state index is -4.51. The normalized spacial score (nSPS) is 14.3. The summed E-state index contributed by atoms with van der Waals surface area (Å²) in [5.74, 6) is -0.389. The van der Waals surface area contributed by atoms with Crippen LogP contribution in [0.15, 0.2) is 12.2 Å². The van der Waals surface area contributed by atoms with Gasteiger partial charge in [0, 0.05) is 13.0 Å². The number of esters is 1. The molecule has 3 atom stereocenters. The number of ether oxygens (including phenoxy) is 2. The van der Waals surface area contributed by atoms with Crippen LogP contribution in [0.25, 0.3) is 0 Å². The molecule has 50 heavy (non-hydrogen) atoms. The van der Waals surface area contributed by atoms with E-state index >= 15 is 0 Å². The number of allylic oxidation sites excluding steroid dienone is 2. The van der Waals surface area contributed by atoms with E-state index in [0.29, 0.717) is 6.61 Å². The summed E-state index contributed by atoms with van der Waals surface area (Å²) in [5.41, 5.74) is 0. The number of unbranched alkanes of at least 4 members (excludes halogenated alkanes) is 24. The molecule has 0 aromatic rings. The SMILES string of the molecule is CCCCCC/C=C\CCCCCCCC(=O)OC(COCCCCCCCCCCCCCCCCCC)COP(=O)(O)OCC(O)CO. The van der Waals surface area contributed by atoms with E-state index in [4.69, 9.17) is 23.6 Å². The van der Waals surface area contributed by atoms with Crippen LogP contribution in [0.5, 0.6) is 0 Å². The lowest BCUT2D eigenvalue weighted by Crippen LogP contribution is -2.29. The lowest BCUT2D eigenvalue weighted by atomic mass is 10.0. The Balaban J connectivity index is 4.17. The van der Waals surface area contributed by atoms with Crippen molar-refractivity contribution in [1.82, 2.24) is 0 Å². The largest absolute Gasteiger partial charge is 0.472 e. The summed E-state index contributed by atoms with van der Waals surface area (Å²) in [7, 11) is -4.51. The first-order chi connectivity index (χ1) is 24.3. The molecule has 0 aromatic carbocycles. The van der Waals surface area contributed by atoms with Crippen molar-refractivity contribution in [2.45, 2.75) is 206 Å². The summed E-state index contributed by atoms with van der Waals surface area (Å²) in [4.78, 5) is 22.5.